The zero-order valence-corrected chi connectivity index (χ0v) is 17.8. The van der Waals surface area contributed by atoms with Crippen molar-refractivity contribution < 1.29 is 22.4 Å². The molecule has 3 aromatic heterocycles. The fourth-order valence-corrected chi connectivity index (χ4v) is 3.98. The first kappa shape index (κ1) is 21.5. The van der Waals surface area contributed by atoms with E-state index in [-0.39, 0.29) is 28.5 Å². The fraction of sp³-hybridized carbons (Fsp3) is 0.286. The minimum atomic E-state index is -2.71. The first-order valence-corrected chi connectivity index (χ1v) is 10.4. The molecule has 0 aliphatic heterocycles. The first-order valence-electron chi connectivity index (χ1n) is 10.1. The van der Waals surface area contributed by atoms with E-state index < -0.39 is 36.3 Å². The summed E-state index contributed by atoms with van der Waals surface area (Å²) in [6, 6.07) is 1.99. The highest BCUT2D eigenvalue weighted by Crippen LogP contribution is 2.42. The Morgan fingerprint density at radius 1 is 1.33 bits per heavy atom. The van der Waals surface area contributed by atoms with Gasteiger partial charge in [-0.3, -0.25) is 9.89 Å². The molecule has 1 saturated carbocycles. The van der Waals surface area contributed by atoms with Crippen molar-refractivity contribution in [1.82, 2.24) is 19.6 Å². The van der Waals surface area contributed by atoms with Gasteiger partial charge in [0.15, 0.2) is 11.6 Å². The number of carbonyl (C=O) groups is 1. The van der Waals surface area contributed by atoms with Crippen LogP contribution in [0.25, 0.3) is 27.7 Å². The highest BCUT2D eigenvalue weighted by atomic mass is 35.5. The first-order chi connectivity index (χ1) is 15.7. The second-order valence-electron chi connectivity index (χ2n) is 7.96. The number of aromatic nitrogens is 4. The summed E-state index contributed by atoms with van der Waals surface area (Å²) in [6.07, 6.45) is 0.980. The molecule has 33 heavy (non-hydrogen) atoms. The van der Waals surface area contributed by atoms with Crippen LogP contribution in [0.5, 0.6) is 0 Å². The van der Waals surface area contributed by atoms with Gasteiger partial charge in [-0.25, -0.2) is 22.5 Å². The number of halogens is 5. The lowest BCUT2D eigenvalue weighted by Gasteiger charge is -2.18. The van der Waals surface area contributed by atoms with Gasteiger partial charge in [0.1, 0.15) is 11.8 Å². The number of nitrogens with zero attached hydrogens (tertiary/aromatic N) is 3. The quantitative estimate of drug-likeness (QED) is 0.338. The monoisotopic (exact) mass is 480 g/mol. The Kier molecular flexibility index (Phi) is 5.15. The van der Waals surface area contributed by atoms with Crippen LogP contribution in [0.3, 0.4) is 0 Å². The van der Waals surface area contributed by atoms with Crippen LogP contribution < -0.4 is 10.6 Å². The maximum atomic E-state index is 15.2. The number of pyridine rings is 1. The molecule has 1 aromatic carbocycles. The second kappa shape index (κ2) is 7.91. The van der Waals surface area contributed by atoms with Gasteiger partial charge in [0.2, 0.25) is 5.91 Å². The van der Waals surface area contributed by atoms with E-state index in [1.54, 1.807) is 28.9 Å². The van der Waals surface area contributed by atoms with Gasteiger partial charge in [-0.1, -0.05) is 11.6 Å². The Hall–Kier alpha value is -3.34. The van der Waals surface area contributed by atoms with Gasteiger partial charge in [0.05, 0.1) is 40.6 Å². The number of nitrogens with one attached hydrogen (secondary N) is 3. The van der Waals surface area contributed by atoms with E-state index in [0.29, 0.717) is 22.2 Å². The van der Waals surface area contributed by atoms with Gasteiger partial charge in [0.25, 0.3) is 6.43 Å². The van der Waals surface area contributed by atoms with Crippen LogP contribution in [0.15, 0.2) is 30.7 Å². The Bertz CT molecular complexity index is 1390. The van der Waals surface area contributed by atoms with Gasteiger partial charge in [-0.05, 0) is 25.5 Å². The fourth-order valence-electron chi connectivity index (χ4n) is 3.68. The summed E-state index contributed by atoms with van der Waals surface area (Å²) in [7, 11) is 0. The largest absolute Gasteiger partial charge is 0.373 e. The van der Waals surface area contributed by atoms with Gasteiger partial charge in [-0.2, -0.15) is 5.10 Å². The number of carbonyl (C=O) groups excluding carboxylic acids is 1. The summed E-state index contributed by atoms with van der Waals surface area (Å²) in [5.74, 6) is -1.72. The number of imidazole rings is 1. The van der Waals surface area contributed by atoms with Gasteiger partial charge < -0.3 is 15.0 Å². The molecule has 5 rings (SSSR count). The predicted octanol–water partition coefficient (Wildman–Crippen LogP) is 5.03. The lowest BCUT2D eigenvalue weighted by Crippen LogP contribution is -2.24. The normalized spacial score (nSPS) is 18.8. The predicted molar refractivity (Wildman–Crippen MR) is 116 cm³/mol. The topological polar surface area (TPSA) is 87.1 Å². The highest BCUT2D eigenvalue weighted by molar-refractivity contribution is 6.36. The van der Waals surface area contributed by atoms with E-state index in [4.69, 9.17) is 11.6 Å². The van der Waals surface area contributed by atoms with Crippen LogP contribution in [0.2, 0.25) is 5.02 Å². The second-order valence-corrected chi connectivity index (χ2v) is 8.34. The zero-order valence-electron chi connectivity index (χ0n) is 17.0. The SMILES string of the molecule is CC(Nc1c(F)c(Cl)c(-c2ccc3nc(NC(=O)C4CC4F)cn3c2)c2cn[nH]c12)C(F)F. The van der Waals surface area contributed by atoms with Crippen molar-refractivity contribution in [2.75, 3.05) is 10.6 Å². The number of benzene rings is 1. The van der Waals surface area contributed by atoms with Crippen LogP contribution in [0.4, 0.5) is 29.1 Å². The molecule has 3 atom stereocenters. The average Bonchev–Trinajstić information content (AvgIpc) is 3.15. The lowest BCUT2D eigenvalue weighted by atomic mass is 10.0. The van der Waals surface area contributed by atoms with Gasteiger partial charge in [0, 0.05) is 22.7 Å². The maximum absolute atomic E-state index is 15.2. The minimum Gasteiger partial charge on any atom is -0.373 e. The molecule has 7 nitrogen and oxygen atoms in total. The van der Waals surface area contributed by atoms with Gasteiger partial charge in [-0.15, -0.1) is 0 Å². The van der Waals surface area contributed by atoms with Crippen molar-refractivity contribution in [1.29, 1.82) is 0 Å². The number of hydrogen-bond donors (Lipinski definition) is 3. The standard InChI is InChI=1S/C21H17ClF4N6O/c1-8(20(25)26)28-19-17(24)16(22)15(11-5-27-31-18(11)19)9-2-3-14-29-13(7-32(14)6-9)30-21(33)10-4-12(10)23/h2-3,5-8,10,12,20,28H,4H2,1H3,(H,27,31)(H,30,33). The molecule has 0 radical (unpaired) electrons. The smallest absolute Gasteiger partial charge is 0.258 e. The molecular formula is C21H17ClF4N6O. The molecule has 0 bridgehead atoms. The third-order valence-corrected chi connectivity index (χ3v) is 5.94. The number of aromatic amines is 1. The third-order valence-electron chi connectivity index (χ3n) is 5.58. The molecule has 3 N–H and O–H groups in total. The number of H-pyrrole nitrogens is 1. The van der Waals surface area contributed by atoms with Crippen molar-refractivity contribution in [3.05, 3.63) is 41.6 Å². The van der Waals surface area contributed by atoms with Crippen molar-refractivity contribution in [2.45, 2.75) is 32.0 Å². The molecule has 12 heteroatoms. The van der Waals surface area contributed by atoms with Crippen molar-refractivity contribution in [3.63, 3.8) is 0 Å². The minimum absolute atomic E-state index is 0.191. The molecule has 1 aliphatic carbocycles. The van der Waals surface area contributed by atoms with E-state index in [1.165, 1.54) is 13.1 Å². The third kappa shape index (κ3) is 3.75. The Morgan fingerprint density at radius 3 is 2.79 bits per heavy atom. The van der Waals surface area contributed by atoms with E-state index in [0.717, 1.165) is 0 Å². The average molecular weight is 481 g/mol. The summed E-state index contributed by atoms with van der Waals surface area (Å²) in [5.41, 5.74) is 1.32. The van der Waals surface area contributed by atoms with E-state index in [9.17, 15) is 18.0 Å². The molecule has 1 amide bonds. The number of amides is 1. The number of fused-ring (bicyclic) bond motifs is 2. The van der Waals surface area contributed by atoms with Crippen LogP contribution >= 0.6 is 11.6 Å². The highest BCUT2D eigenvalue weighted by Gasteiger charge is 2.43. The van der Waals surface area contributed by atoms with Crippen LogP contribution in [0.1, 0.15) is 13.3 Å². The van der Waals surface area contributed by atoms with Crippen LogP contribution in [-0.4, -0.2) is 44.1 Å². The zero-order chi connectivity index (χ0) is 23.4. The van der Waals surface area contributed by atoms with Crippen molar-refractivity contribution in [2.24, 2.45) is 5.92 Å². The summed E-state index contributed by atoms with van der Waals surface area (Å²) in [4.78, 5) is 16.3. The number of anilines is 2. The van der Waals surface area contributed by atoms with Crippen LogP contribution in [-0.2, 0) is 4.79 Å². The maximum Gasteiger partial charge on any atom is 0.258 e. The van der Waals surface area contributed by atoms with E-state index in [2.05, 4.69) is 25.8 Å². The molecule has 0 saturated heterocycles. The number of rotatable bonds is 6. The summed E-state index contributed by atoms with van der Waals surface area (Å²) >= 11 is 6.35. The Labute approximate surface area is 189 Å². The Balaban J connectivity index is 1.54. The Morgan fingerprint density at radius 2 is 2.09 bits per heavy atom. The van der Waals surface area contributed by atoms with Gasteiger partial charge >= 0.3 is 0 Å². The summed E-state index contributed by atoms with van der Waals surface area (Å²) in [5, 5.41) is 11.8. The molecular weight excluding hydrogens is 464 g/mol. The summed E-state index contributed by atoms with van der Waals surface area (Å²) in [6.45, 7) is 1.23. The molecule has 1 fully saturated rings. The molecule has 3 heterocycles. The molecule has 172 valence electrons. The number of hydrogen-bond acceptors (Lipinski definition) is 4. The van der Waals surface area contributed by atoms with E-state index >= 15 is 4.39 Å². The molecule has 1 aliphatic rings. The van der Waals surface area contributed by atoms with Crippen molar-refractivity contribution in [3.8, 4) is 11.1 Å². The lowest BCUT2D eigenvalue weighted by molar-refractivity contribution is -0.117. The van der Waals surface area contributed by atoms with Crippen molar-refractivity contribution >= 4 is 45.6 Å². The van der Waals surface area contributed by atoms with E-state index in [1.807, 2.05) is 0 Å². The number of alkyl halides is 3. The van der Waals surface area contributed by atoms with Crippen LogP contribution in [0, 0.1) is 11.7 Å². The summed E-state index contributed by atoms with van der Waals surface area (Å²) < 4.78 is 55.9. The molecule has 4 aromatic rings. The molecule has 3 unspecified atom stereocenters. The molecule has 0 spiro atoms.